The first-order chi connectivity index (χ1) is 11.5. The van der Waals surface area contributed by atoms with E-state index in [4.69, 9.17) is 4.74 Å². The van der Waals surface area contributed by atoms with Gasteiger partial charge in [0.1, 0.15) is 17.3 Å². The van der Waals surface area contributed by atoms with Gasteiger partial charge >= 0.3 is 0 Å². The van der Waals surface area contributed by atoms with Crippen LogP contribution in [0.4, 0.5) is 17.2 Å². The van der Waals surface area contributed by atoms with E-state index in [1.807, 2.05) is 43.3 Å². The first-order valence-electron chi connectivity index (χ1n) is 7.67. The van der Waals surface area contributed by atoms with Crippen molar-refractivity contribution in [3.05, 3.63) is 41.9 Å². The molecule has 2 N–H and O–H groups in total. The van der Waals surface area contributed by atoms with Crippen molar-refractivity contribution in [1.29, 1.82) is 0 Å². The molecule has 0 unspecified atom stereocenters. The minimum atomic E-state index is -0.270. The first kappa shape index (κ1) is 17.7. The molecule has 1 aromatic carbocycles. The predicted octanol–water partition coefficient (Wildman–Crippen LogP) is 2.16. The van der Waals surface area contributed by atoms with Crippen molar-refractivity contribution < 1.29 is 9.53 Å². The molecule has 2 rings (SSSR count). The summed E-state index contributed by atoms with van der Waals surface area (Å²) in [5.41, 5.74) is 2.10. The van der Waals surface area contributed by atoms with Crippen LogP contribution < -0.4 is 15.5 Å². The number of aryl methyl sites for hydroxylation is 1. The smallest absolute Gasteiger partial charge is 0.274 e. The fraction of sp³-hybridized carbons (Fsp3) is 0.353. The molecule has 1 amide bonds. The Balaban J connectivity index is 2.08. The van der Waals surface area contributed by atoms with Crippen LogP contribution in [0.2, 0.25) is 0 Å². The number of benzene rings is 1. The van der Waals surface area contributed by atoms with Gasteiger partial charge in [-0.1, -0.05) is 0 Å². The van der Waals surface area contributed by atoms with Gasteiger partial charge in [-0.15, -0.1) is 0 Å². The maximum atomic E-state index is 12.4. The highest BCUT2D eigenvalue weighted by molar-refractivity contribution is 6.03. The van der Waals surface area contributed by atoms with Crippen LogP contribution in [0.3, 0.4) is 0 Å². The van der Waals surface area contributed by atoms with Crippen LogP contribution in [0.1, 0.15) is 16.3 Å². The fourth-order valence-corrected chi connectivity index (χ4v) is 2.09. The van der Waals surface area contributed by atoms with Crippen molar-refractivity contribution in [1.82, 2.24) is 9.97 Å². The minimum absolute atomic E-state index is 0.270. The number of hydrogen-bond acceptors (Lipinski definition) is 6. The lowest BCUT2D eigenvalue weighted by atomic mass is 10.2. The molecular formula is C17H23N5O2. The average Bonchev–Trinajstić information content (AvgIpc) is 2.55. The van der Waals surface area contributed by atoms with Gasteiger partial charge in [0.15, 0.2) is 0 Å². The summed E-state index contributed by atoms with van der Waals surface area (Å²) in [4.78, 5) is 22.9. The molecule has 0 spiro atoms. The van der Waals surface area contributed by atoms with E-state index in [-0.39, 0.29) is 5.91 Å². The lowest BCUT2D eigenvalue weighted by Gasteiger charge is -2.13. The zero-order valence-corrected chi connectivity index (χ0v) is 14.5. The highest BCUT2D eigenvalue weighted by atomic mass is 16.5. The molecule has 2 aromatic rings. The Labute approximate surface area is 142 Å². The van der Waals surface area contributed by atoms with Crippen LogP contribution in [0.5, 0.6) is 0 Å². The Morgan fingerprint density at radius 1 is 1.21 bits per heavy atom. The number of anilines is 3. The molecule has 7 heteroatoms. The van der Waals surface area contributed by atoms with Crippen LogP contribution in [0.25, 0.3) is 0 Å². The number of carbonyl (C=O) groups is 1. The van der Waals surface area contributed by atoms with Gasteiger partial charge in [0.25, 0.3) is 5.91 Å². The second-order valence-electron chi connectivity index (χ2n) is 5.50. The van der Waals surface area contributed by atoms with Crippen LogP contribution in [-0.4, -0.2) is 50.2 Å². The molecule has 0 atom stereocenters. The molecule has 24 heavy (non-hydrogen) atoms. The van der Waals surface area contributed by atoms with E-state index in [0.717, 1.165) is 11.4 Å². The van der Waals surface area contributed by atoms with Crippen LogP contribution >= 0.6 is 0 Å². The molecule has 0 fully saturated rings. The molecule has 0 saturated heterocycles. The van der Waals surface area contributed by atoms with E-state index in [9.17, 15) is 4.79 Å². The zero-order valence-electron chi connectivity index (χ0n) is 14.5. The zero-order chi connectivity index (χ0) is 17.5. The Kier molecular flexibility index (Phi) is 6.08. The van der Waals surface area contributed by atoms with Crippen LogP contribution in [0.15, 0.2) is 30.3 Å². The second kappa shape index (κ2) is 8.26. The maximum Gasteiger partial charge on any atom is 0.274 e. The lowest BCUT2D eigenvalue weighted by molar-refractivity contribution is 0.102. The summed E-state index contributed by atoms with van der Waals surface area (Å²) >= 11 is 0. The molecule has 0 radical (unpaired) electrons. The van der Waals surface area contributed by atoms with E-state index >= 15 is 0 Å². The molecule has 0 aliphatic rings. The number of nitrogens with one attached hydrogen (secondary N) is 2. The molecule has 1 heterocycles. The van der Waals surface area contributed by atoms with E-state index in [1.165, 1.54) is 0 Å². The monoisotopic (exact) mass is 329 g/mol. The summed E-state index contributed by atoms with van der Waals surface area (Å²) in [7, 11) is 5.57. The van der Waals surface area contributed by atoms with Crippen LogP contribution in [0, 0.1) is 6.92 Å². The van der Waals surface area contributed by atoms with E-state index < -0.39 is 0 Å². The standard InChI is InChI=1S/C17H23N5O2/c1-12-19-15(11-16(20-12)18-9-10-24-4)17(23)21-13-5-7-14(8-6-13)22(2)3/h5-8,11H,9-10H2,1-4H3,(H,21,23)(H,18,19,20). The van der Waals surface area contributed by atoms with E-state index in [2.05, 4.69) is 20.6 Å². The molecular weight excluding hydrogens is 306 g/mol. The van der Waals surface area contributed by atoms with Crippen molar-refractivity contribution >= 4 is 23.1 Å². The molecule has 7 nitrogen and oxygen atoms in total. The number of nitrogens with zero attached hydrogens (tertiary/aromatic N) is 3. The number of hydrogen-bond donors (Lipinski definition) is 2. The molecule has 128 valence electrons. The molecule has 0 aliphatic carbocycles. The summed E-state index contributed by atoms with van der Waals surface area (Å²) in [6.07, 6.45) is 0. The highest BCUT2D eigenvalue weighted by Gasteiger charge is 2.11. The van der Waals surface area contributed by atoms with E-state index in [1.54, 1.807) is 20.1 Å². The van der Waals surface area contributed by atoms with Gasteiger partial charge in [0.2, 0.25) is 0 Å². The van der Waals surface area contributed by atoms with Gasteiger partial charge in [0, 0.05) is 45.2 Å². The highest BCUT2D eigenvalue weighted by Crippen LogP contribution is 2.16. The molecule has 0 bridgehead atoms. The molecule has 0 saturated carbocycles. The van der Waals surface area contributed by atoms with Crippen molar-refractivity contribution in [2.24, 2.45) is 0 Å². The fourth-order valence-electron chi connectivity index (χ4n) is 2.09. The minimum Gasteiger partial charge on any atom is -0.383 e. The lowest BCUT2D eigenvalue weighted by Crippen LogP contribution is -2.17. The summed E-state index contributed by atoms with van der Waals surface area (Å²) in [6.45, 7) is 2.92. The first-order valence-corrected chi connectivity index (χ1v) is 7.67. The summed E-state index contributed by atoms with van der Waals surface area (Å²) < 4.78 is 4.99. The quantitative estimate of drug-likeness (QED) is 0.758. The number of ether oxygens (including phenoxy) is 1. The number of amides is 1. The summed E-state index contributed by atoms with van der Waals surface area (Å²) in [5, 5.41) is 5.95. The van der Waals surface area contributed by atoms with Gasteiger partial charge in [0.05, 0.1) is 6.61 Å². The van der Waals surface area contributed by atoms with Gasteiger partial charge in [-0.05, 0) is 31.2 Å². The van der Waals surface area contributed by atoms with Crippen molar-refractivity contribution in [3.8, 4) is 0 Å². The Morgan fingerprint density at radius 2 is 1.92 bits per heavy atom. The van der Waals surface area contributed by atoms with Gasteiger partial charge < -0.3 is 20.3 Å². The Bertz CT molecular complexity index is 686. The number of rotatable bonds is 7. The average molecular weight is 329 g/mol. The second-order valence-corrected chi connectivity index (χ2v) is 5.50. The number of aromatic nitrogens is 2. The summed E-state index contributed by atoms with van der Waals surface area (Å²) in [6, 6.07) is 9.24. The molecule has 0 aliphatic heterocycles. The largest absolute Gasteiger partial charge is 0.383 e. The van der Waals surface area contributed by atoms with Gasteiger partial charge in [-0.3, -0.25) is 4.79 Å². The SMILES string of the molecule is COCCNc1cc(C(=O)Nc2ccc(N(C)C)cc2)nc(C)n1. The van der Waals surface area contributed by atoms with Crippen molar-refractivity contribution in [2.45, 2.75) is 6.92 Å². The normalized spacial score (nSPS) is 10.3. The maximum absolute atomic E-state index is 12.4. The van der Waals surface area contributed by atoms with Crippen molar-refractivity contribution in [3.63, 3.8) is 0 Å². The van der Waals surface area contributed by atoms with Gasteiger partial charge in [-0.2, -0.15) is 0 Å². The van der Waals surface area contributed by atoms with Crippen molar-refractivity contribution in [2.75, 3.05) is 49.9 Å². The Hall–Kier alpha value is -2.67. The van der Waals surface area contributed by atoms with Crippen LogP contribution in [-0.2, 0) is 4.74 Å². The van der Waals surface area contributed by atoms with Gasteiger partial charge in [-0.25, -0.2) is 9.97 Å². The number of carbonyl (C=O) groups excluding carboxylic acids is 1. The third-order valence-electron chi connectivity index (χ3n) is 3.32. The summed E-state index contributed by atoms with van der Waals surface area (Å²) in [5.74, 6) is 0.867. The topological polar surface area (TPSA) is 79.4 Å². The Morgan fingerprint density at radius 3 is 2.54 bits per heavy atom. The predicted molar refractivity (Wildman–Crippen MR) is 95.9 cm³/mol. The van der Waals surface area contributed by atoms with E-state index in [0.29, 0.717) is 30.5 Å². The molecule has 1 aromatic heterocycles. The number of methoxy groups -OCH3 is 1. The third-order valence-corrected chi connectivity index (χ3v) is 3.32. The third kappa shape index (κ3) is 4.92.